The second-order valence-electron chi connectivity index (χ2n) is 4.57. The molecule has 94 valence electrons. The molecule has 1 N–H and O–H groups in total. The van der Waals surface area contributed by atoms with Gasteiger partial charge in [0.15, 0.2) is 0 Å². The quantitative estimate of drug-likeness (QED) is 0.858. The van der Waals surface area contributed by atoms with Crippen molar-refractivity contribution in [2.75, 3.05) is 18.5 Å². The Labute approximate surface area is 101 Å². The zero-order valence-corrected chi connectivity index (χ0v) is 10.4. The smallest absolute Gasteiger partial charge is 0.338 e. The lowest BCUT2D eigenvalue weighted by Gasteiger charge is -2.20. The normalized spacial score (nSPS) is 10.6. The van der Waals surface area contributed by atoms with Gasteiger partial charge in [0.2, 0.25) is 0 Å². The lowest BCUT2D eigenvalue weighted by molar-refractivity contribution is 0.0692. The molecule has 1 aromatic carbocycles. The molecule has 0 bridgehead atoms. The molecular formula is C13H18FNO2. The Morgan fingerprint density at radius 2 is 2.12 bits per heavy atom. The second kappa shape index (κ2) is 5.66. The standard InChI is InChI=1S/C13H18FNO2/c1-9(2)6-7-15(3)10-4-5-11(13(16)17)12(14)8-10/h4-5,8-9H,6-7H2,1-3H3,(H,16,17). The van der Waals surface area contributed by atoms with Crippen molar-refractivity contribution in [2.45, 2.75) is 20.3 Å². The molecule has 0 heterocycles. The largest absolute Gasteiger partial charge is 0.478 e. The van der Waals surface area contributed by atoms with Crippen LogP contribution in [0.1, 0.15) is 30.6 Å². The van der Waals surface area contributed by atoms with Gasteiger partial charge in [-0.3, -0.25) is 0 Å². The number of carboxylic acid groups (broad SMARTS) is 1. The van der Waals surface area contributed by atoms with E-state index in [1.54, 1.807) is 6.07 Å². The Hall–Kier alpha value is -1.58. The van der Waals surface area contributed by atoms with Crippen LogP contribution in [0.2, 0.25) is 0 Å². The van der Waals surface area contributed by atoms with Crippen LogP contribution in [0, 0.1) is 11.7 Å². The van der Waals surface area contributed by atoms with Gasteiger partial charge in [-0.1, -0.05) is 13.8 Å². The Bertz CT molecular complexity index is 404. The number of carboxylic acids is 1. The molecule has 1 aromatic rings. The van der Waals surface area contributed by atoms with Crippen LogP contribution in [0.4, 0.5) is 10.1 Å². The first kappa shape index (κ1) is 13.5. The molecular weight excluding hydrogens is 221 g/mol. The highest BCUT2D eigenvalue weighted by Crippen LogP contribution is 2.18. The van der Waals surface area contributed by atoms with E-state index in [0.717, 1.165) is 13.0 Å². The SMILES string of the molecule is CC(C)CCN(C)c1ccc(C(=O)O)c(F)c1. The Morgan fingerprint density at radius 1 is 1.47 bits per heavy atom. The second-order valence-corrected chi connectivity index (χ2v) is 4.57. The molecule has 17 heavy (non-hydrogen) atoms. The highest BCUT2D eigenvalue weighted by atomic mass is 19.1. The summed E-state index contributed by atoms with van der Waals surface area (Å²) in [6.45, 7) is 5.08. The van der Waals surface area contributed by atoms with Gasteiger partial charge >= 0.3 is 5.97 Å². The van der Waals surface area contributed by atoms with Crippen LogP contribution in [-0.2, 0) is 0 Å². The van der Waals surface area contributed by atoms with Gasteiger partial charge in [0.25, 0.3) is 0 Å². The maximum atomic E-state index is 13.5. The molecule has 0 aromatic heterocycles. The summed E-state index contributed by atoms with van der Waals surface area (Å²) in [6.07, 6.45) is 1.01. The molecule has 0 fully saturated rings. The van der Waals surface area contributed by atoms with Crippen molar-refractivity contribution in [1.82, 2.24) is 0 Å². The zero-order chi connectivity index (χ0) is 13.0. The third kappa shape index (κ3) is 3.73. The molecule has 0 saturated carbocycles. The number of nitrogens with zero attached hydrogens (tertiary/aromatic N) is 1. The third-order valence-corrected chi connectivity index (χ3v) is 2.67. The van der Waals surface area contributed by atoms with Crippen molar-refractivity contribution in [1.29, 1.82) is 0 Å². The summed E-state index contributed by atoms with van der Waals surface area (Å²) >= 11 is 0. The van der Waals surface area contributed by atoms with Crippen LogP contribution in [0.15, 0.2) is 18.2 Å². The Balaban J connectivity index is 2.79. The van der Waals surface area contributed by atoms with E-state index in [9.17, 15) is 9.18 Å². The van der Waals surface area contributed by atoms with Gasteiger partial charge in [-0.05, 0) is 30.5 Å². The molecule has 0 aliphatic heterocycles. The summed E-state index contributed by atoms with van der Waals surface area (Å²) in [4.78, 5) is 12.6. The van der Waals surface area contributed by atoms with E-state index in [4.69, 9.17) is 5.11 Å². The summed E-state index contributed by atoms with van der Waals surface area (Å²) < 4.78 is 13.5. The van der Waals surface area contributed by atoms with Crippen molar-refractivity contribution in [3.8, 4) is 0 Å². The van der Waals surface area contributed by atoms with E-state index >= 15 is 0 Å². The monoisotopic (exact) mass is 239 g/mol. The first-order chi connectivity index (χ1) is 7.91. The summed E-state index contributed by atoms with van der Waals surface area (Å²) in [5.41, 5.74) is 0.416. The van der Waals surface area contributed by atoms with E-state index in [1.165, 1.54) is 12.1 Å². The predicted octanol–water partition coefficient (Wildman–Crippen LogP) is 3.01. The lowest BCUT2D eigenvalue weighted by Crippen LogP contribution is -2.20. The molecule has 0 atom stereocenters. The topological polar surface area (TPSA) is 40.5 Å². The summed E-state index contributed by atoms with van der Waals surface area (Å²) in [5, 5.41) is 8.72. The summed E-state index contributed by atoms with van der Waals surface area (Å²) in [7, 11) is 1.87. The molecule has 0 unspecified atom stereocenters. The first-order valence-corrected chi connectivity index (χ1v) is 5.65. The van der Waals surface area contributed by atoms with E-state index in [1.807, 2.05) is 11.9 Å². The molecule has 3 nitrogen and oxygen atoms in total. The average Bonchev–Trinajstić information content (AvgIpc) is 2.25. The van der Waals surface area contributed by atoms with Gasteiger partial charge in [0.1, 0.15) is 5.82 Å². The minimum absolute atomic E-state index is 0.286. The van der Waals surface area contributed by atoms with Crippen LogP contribution < -0.4 is 4.90 Å². The number of anilines is 1. The molecule has 1 rings (SSSR count). The molecule has 0 aliphatic carbocycles. The van der Waals surface area contributed by atoms with Crippen LogP contribution >= 0.6 is 0 Å². The van der Waals surface area contributed by atoms with E-state index in [0.29, 0.717) is 11.6 Å². The van der Waals surface area contributed by atoms with Gasteiger partial charge in [0.05, 0.1) is 5.56 Å². The van der Waals surface area contributed by atoms with Crippen molar-refractivity contribution in [2.24, 2.45) is 5.92 Å². The van der Waals surface area contributed by atoms with Gasteiger partial charge in [-0.2, -0.15) is 0 Å². The number of halogens is 1. The fourth-order valence-electron chi connectivity index (χ4n) is 1.50. The number of aromatic carboxylic acids is 1. The summed E-state index contributed by atoms with van der Waals surface area (Å²) in [5.74, 6) is -1.34. The van der Waals surface area contributed by atoms with Crippen molar-refractivity contribution >= 4 is 11.7 Å². The van der Waals surface area contributed by atoms with Crippen LogP contribution in [0.3, 0.4) is 0 Å². The fourth-order valence-corrected chi connectivity index (χ4v) is 1.50. The van der Waals surface area contributed by atoms with Gasteiger partial charge in [-0.25, -0.2) is 9.18 Å². The van der Waals surface area contributed by atoms with Gasteiger partial charge < -0.3 is 10.0 Å². The fraction of sp³-hybridized carbons (Fsp3) is 0.462. The Morgan fingerprint density at radius 3 is 2.59 bits per heavy atom. The van der Waals surface area contributed by atoms with Crippen molar-refractivity contribution in [3.05, 3.63) is 29.6 Å². The summed E-state index contributed by atoms with van der Waals surface area (Å²) in [6, 6.07) is 4.20. The highest BCUT2D eigenvalue weighted by molar-refractivity contribution is 5.88. The number of hydrogen-bond donors (Lipinski definition) is 1. The molecule has 4 heteroatoms. The van der Waals surface area contributed by atoms with Gasteiger partial charge in [-0.15, -0.1) is 0 Å². The highest BCUT2D eigenvalue weighted by Gasteiger charge is 2.12. The third-order valence-electron chi connectivity index (χ3n) is 2.67. The molecule has 0 saturated heterocycles. The minimum Gasteiger partial charge on any atom is -0.478 e. The number of benzene rings is 1. The van der Waals surface area contributed by atoms with Gasteiger partial charge in [0, 0.05) is 19.3 Å². The van der Waals surface area contributed by atoms with Crippen molar-refractivity contribution < 1.29 is 14.3 Å². The minimum atomic E-state index is -1.24. The number of carbonyl (C=O) groups is 1. The lowest BCUT2D eigenvalue weighted by atomic mass is 10.1. The molecule has 0 aliphatic rings. The van der Waals surface area contributed by atoms with Crippen LogP contribution in [-0.4, -0.2) is 24.7 Å². The van der Waals surface area contributed by atoms with Crippen LogP contribution in [0.25, 0.3) is 0 Å². The maximum absolute atomic E-state index is 13.5. The number of hydrogen-bond acceptors (Lipinski definition) is 2. The molecule has 0 spiro atoms. The van der Waals surface area contributed by atoms with Crippen molar-refractivity contribution in [3.63, 3.8) is 0 Å². The molecule has 0 amide bonds. The van der Waals surface area contributed by atoms with E-state index in [2.05, 4.69) is 13.8 Å². The van der Waals surface area contributed by atoms with E-state index in [-0.39, 0.29) is 5.56 Å². The number of rotatable bonds is 5. The zero-order valence-electron chi connectivity index (χ0n) is 10.4. The Kier molecular flexibility index (Phi) is 4.49. The average molecular weight is 239 g/mol. The predicted molar refractivity (Wildman–Crippen MR) is 66.1 cm³/mol. The maximum Gasteiger partial charge on any atom is 0.338 e. The molecule has 0 radical (unpaired) electrons. The van der Waals surface area contributed by atoms with Crippen LogP contribution in [0.5, 0.6) is 0 Å². The van der Waals surface area contributed by atoms with E-state index < -0.39 is 11.8 Å². The first-order valence-electron chi connectivity index (χ1n) is 5.65.